The first kappa shape index (κ1) is 21.0. The molecule has 152 valence electrons. The summed E-state index contributed by atoms with van der Waals surface area (Å²) in [5, 5.41) is 5.09. The molecule has 5 nitrogen and oxygen atoms in total. The lowest BCUT2D eigenvalue weighted by molar-refractivity contribution is -0.127. The average Bonchev–Trinajstić information content (AvgIpc) is 3.20. The lowest BCUT2D eigenvalue weighted by atomic mass is 9.96. The van der Waals surface area contributed by atoms with E-state index in [-0.39, 0.29) is 29.3 Å². The number of amides is 1. The van der Waals surface area contributed by atoms with Crippen LogP contribution in [0.2, 0.25) is 0 Å². The van der Waals surface area contributed by atoms with Crippen LogP contribution < -0.4 is 5.32 Å². The Kier molecular flexibility index (Phi) is 6.52. The first-order valence-corrected chi connectivity index (χ1v) is 11.7. The molecule has 2 unspecified atom stereocenters. The Morgan fingerprint density at radius 3 is 2.57 bits per heavy atom. The van der Waals surface area contributed by atoms with E-state index < -0.39 is 21.8 Å². The summed E-state index contributed by atoms with van der Waals surface area (Å²) in [7, 11) is -3.74. The highest BCUT2D eigenvalue weighted by molar-refractivity contribution is 7.89. The fraction of sp³-hybridized carbons (Fsp3) is 0.450. The molecule has 2 aromatic rings. The van der Waals surface area contributed by atoms with Gasteiger partial charge in [0.2, 0.25) is 15.9 Å². The summed E-state index contributed by atoms with van der Waals surface area (Å²) in [6, 6.07) is 8.67. The Balaban J connectivity index is 1.72. The van der Waals surface area contributed by atoms with Crippen LogP contribution in [0, 0.1) is 17.7 Å². The number of sulfonamides is 1. The Hall–Kier alpha value is -1.77. The van der Waals surface area contributed by atoms with Crippen LogP contribution in [0.15, 0.2) is 46.7 Å². The molecular weight excluding hydrogens is 399 g/mol. The molecule has 1 aromatic carbocycles. The molecule has 1 saturated heterocycles. The maximum absolute atomic E-state index is 13.1. The van der Waals surface area contributed by atoms with E-state index in [0.29, 0.717) is 19.4 Å². The minimum Gasteiger partial charge on any atom is -0.348 e. The SMILES string of the molecule is CC(C)C(NC(=O)C1CCCN(S(=O)(=O)c2ccc(F)cc2)C1)c1cccs1. The molecule has 1 fully saturated rings. The van der Waals surface area contributed by atoms with E-state index >= 15 is 0 Å². The topological polar surface area (TPSA) is 66.5 Å². The van der Waals surface area contributed by atoms with Gasteiger partial charge in [-0.05, 0) is 54.5 Å². The van der Waals surface area contributed by atoms with Gasteiger partial charge in [-0.15, -0.1) is 11.3 Å². The molecule has 1 aromatic heterocycles. The van der Waals surface area contributed by atoms with Crippen molar-refractivity contribution >= 4 is 27.3 Å². The third-order valence-corrected chi connectivity index (χ3v) is 7.86. The van der Waals surface area contributed by atoms with Crippen molar-refractivity contribution in [2.75, 3.05) is 13.1 Å². The quantitative estimate of drug-likeness (QED) is 0.767. The number of hydrogen-bond acceptors (Lipinski definition) is 4. The first-order chi connectivity index (χ1) is 13.3. The molecule has 0 bridgehead atoms. The van der Waals surface area contributed by atoms with Gasteiger partial charge in [-0.2, -0.15) is 4.31 Å². The molecule has 8 heteroatoms. The van der Waals surface area contributed by atoms with Crippen LogP contribution in [0.25, 0.3) is 0 Å². The Labute approximate surface area is 169 Å². The molecule has 28 heavy (non-hydrogen) atoms. The number of carbonyl (C=O) groups is 1. The number of halogens is 1. The van der Waals surface area contributed by atoms with E-state index in [9.17, 15) is 17.6 Å². The summed E-state index contributed by atoms with van der Waals surface area (Å²) < 4.78 is 40.2. The number of nitrogens with one attached hydrogen (secondary N) is 1. The summed E-state index contributed by atoms with van der Waals surface area (Å²) in [6.45, 7) is 4.61. The van der Waals surface area contributed by atoms with Crippen molar-refractivity contribution in [3.05, 3.63) is 52.5 Å². The van der Waals surface area contributed by atoms with Crippen molar-refractivity contribution in [3.8, 4) is 0 Å². The van der Waals surface area contributed by atoms with Crippen LogP contribution >= 0.6 is 11.3 Å². The molecule has 2 atom stereocenters. The highest BCUT2D eigenvalue weighted by Gasteiger charge is 2.34. The molecule has 1 aliphatic rings. The Bertz CT molecular complexity index is 896. The zero-order chi connectivity index (χ0) is 20.3. The van der Waals surface area contributed by atoms with Gasteiger partial charge in [0.1, 0.15) is 5.82 Å². The molecule has 1 amide bonds. The summed E-state index contributed by atoms with van der Waals surface area (Å²) in [6.07, 6.45) is 1.26. The fourth-order valence-corrected chi connectivity index (χ4v) is 5.91. The molecule has 0 saturated carbocycles. The minimum absolute atomic E-state index is 0.0496. The van der Waals surface area contributed by atoms with E-state index in [1.54, 1.807) is 11.3 Å². The van der Waals surface area contributed by atoms with Crippen LogP contribution in [0.5, 0.6) is 0 Å². The number of carbonyl (C=O) groups excluding carboxylic acids is 1. The van der Waals surface area contributed by atoms with Crippen LogP contribution in [-0.4, -0.2) is 31.7 Å². The van der Waals surface area contributed by atoms with E-state index in [1.165, 1.54) is 16.4 Å². The number of thiophene rings is 1. The van der Waals surface area contributed by atoms with Gasteiger partial charge in [-0.25, -0.2) is 12.8 Å². The van der Waals surface area contributed by atoms with Crippen molar-refractivity contribution in [1.29, 1.82) is 0 Å². The van der Waals surface area contributed by atoms with E-state index in [0.717, 1.165) is 17.0 Å². The molecule has 1 aliphatic heterocycles. The standard InChI is InChI=1S/C20H25FN2O3S2/c1-14(2)19(18-6-4-12-27-18)22-20(24)15-5-3-11-23(13-15)28(25,26)17-9-7-16(21)8-10-17/h4,6-10,12,14-15,19H,3,5,11,13H2,1-2H3,(H,22,24). The predicted molar refractivity (Wildman–Crippen MR) is 108 cm³/mol. The van der Waals surface area contributed by atoms with E-state index in [4.69, 9.17) is 0 Å². The van der Waals surface area contributed by atoms with Crippen molar-refractivity contribution in [3.63, 3.8) is 0 Å². The third-order valence-electron chi connectivity index (χ3n) is 5.02. The third kappa shape index (κ3) is 4.61. The van der Waals surface area contributed by atoms with Crippen molar-refractivity contribution in [2.45, 2.75) is 37.6 Å². The second-order valence-corrected chi connectivity index (χ2v) is 10.3. The normalized spacial score (nSPS) is 19.5. The van der Waals surface area contributed by atoms with Crippen LogP contribution in [0.4, 0.5) is 4.39 Å². The average molecular weight is 425 g/mol. The zero-order valence-electron chi connectivity index (χ0n) is 16.0. The van der Waals surface area contributed by atoms with E-state index in [2.05, 4.69) is 19.2 Å². The molecule has 0 aliphatic carbocycles. The molecular formula is C20H25FN2O3S2. The smallest absolute Gasteiger partial charge is 0.243 e. The monoisotopic (exact) mass is 424 g/mol. The number of hydrogen-bond donors (Lipinski definition) is 1. The van der Waals surface area contributed by atoms with Crippen LogP contribution in [-0.2, 0) is 14.8 Å². The molecule has 0 spiro atoms. The Morgan fingerprint density at radius 1 is 1.25 bits per heavy atom. The van der Waals surface area contributed by atoms with Gasteiger partial charge >= 0.3 is 0 Å². The van der Waals surface area contributed by atoms with Gasteiger partial charge in [0.05, 0.1) is 16.9 Å². The van der Waals surface area contributed by atoms with Crippen molar-refractivity contribution in [1.82, 2.24) is 9.62 Å². The first-order valence-electron chi connectivity index (χ1n) is 9.38. The lowest BCUT2D eigenvalue weighted by Gasteiger charge is -2.32. The summed E-state index contributed by atoms with van der Waals surface area (Å²) in [5.74, 6) is -0.773. The van der Waals surface area contributed by atoms with Crippen molar-refractivity contribution in [2.24, 2.45) is 11.8 Å². The molecule has 2 heterocycles. The van der Waals surface area contributed by atoms with Gasteiger partial charge in [-0.3, -0.25) is 4.79 Å². The van der Waals surface area contributed by atoms with Gasteiger partial charge in [0.15, 0.2) is 0 Å². The minimum atomic E-state index is -3.74. The maximum atomic E-state index is 13.1. The largest absolute Gasteiger partial charge is 0.348 e. The number of rotatable bonds is 6. The van der Waals surface area contributed by atoms with Crippen LogP contribution in [0.3, 0.4) is 0 Å². The highest BCUT2D eigenvalue weighted by Crippen LogP contribution is 2.28. The second-order valence-electron chi connectivity index (χ2n) is 7.40. The Morgan fingerprint density at radius 2 is 1.96 bits per heavy atom. The molecule has 3 rings (SSSR count). The van der Waals surface area contributed by atoms with Gasteiger partial charge in [-0.1, -0.05) is 19.9 Å². The molecule has 0 radical (unpaired) electrons. The predicted octanol–water partition coefficient (Wildman–Crippen LogP) is 3.80. The summed E-state index contributed by atoms with van der Waals surface area (Å²) in [4.78, 5) is 14.0. The molecule has 1 N–H and O–H groups in total. The van der Waals surface area contributed by atoms with Gasteiger partial charge in [0.25, 0.3) is 0 Å². The number of nitrogens with zero attached hydrogens (tertiary/aromatic N) is 1. The lowest BCUT2D eigenvalue weighted by Crippen LogP contribution is -2.46. The maximum Gasteiger partial charge on any atom is 0.243 e. The van der Waals surface area contributed by atoms with E-state index in [1.807, 2.05) is 17.5 Å². The summed E-state index contributed by atoms with van der Waals surface area (Å²) >= 11 is 1.60. The number of piperidine rings is 1. The highest BCUT2D eigenvalue weighted by atomic mass is 32.2. The number of benzene rings is 1. The van der Waals surface area contributed by atoms with Crippen LogP contribution in [0.1, 0.15) is 37.6 Å². The van der Waals surface area contributed by atoms with Crippen molar-refractivity contribution < 1.29 is 17.6 Å². The van der Waals surface area contributed by atoms with Gasteiger partial charge in [0, 0.05) is 18.0 Å². The van der Waals surface area contributed by atoms with Gasteiger partial charge < -0.3 is 5.32 Å². The fourth-order valence-electron chi connectivity index (χ4n) is 3.44. The summed E-state index contributed by atoms with van der Waals surface area (Å²) in [5.41, 5.74) is 0. The zero-order valence-corrected chi connectivity index (χ0v) is 17.6. The second kappa shape index (κ2) is 8.71.